The van der Waals surface area contributed by atoms with Gasteiger partial charge in [-0.2, -0.15) is 5.26 Å². The lowest BCUT2D eigenvalue weighted by atomic mass is 9.62. The number of ether oxygens (including phenoxy) is 2. The van der Waals surface area contributed by atoms with Gasteiger partial charge in [-0.25, -0.2) is 0 Å². The molecule has 1 saturated heterocycles. The molecule has 0 amide bonds. The molecule has 2 heterocycles. The number of hydrogen-bond acceptors (Lipinski definition) is 8. The van der Waals surface area contributed by atoms with Gasteiger partial charge in [-0.15, -0.1) is 11.3 Å². The van der Waals surface area contributed by atoms with E-state index in [-0.39, 0.29) is 29.1 Å². The van der Waals surface area contributed by atoms with Crippen molar-refractivity contribution in [3.8, 4) is 6.07 Å². The highest BCUT2D eigenvalue weighted by atomic mass is 35.5. The number of thiophene rings is 1. The summed E-state index contributed by atoms with van der Waals surface area (Å²) in [5.41, 5.74) is -0.0979. The lowest BCUT2D eigenvalue weighted by Gasteiger charge is -2.45. The van der Waals surface area contributed by atoms with Gasteiger partial charge in [0.05, 0.1) is 41.7 Å². The molecule has 0 radical (unpaired) electrons. The van der Waals surface area contributed by atoms with E-state index in [0.29, 0.717) is 32.3 Å². The van der Waals surface area contributed by atoms with Crippen LogP contribution in [0.1, 0.15) is 62.7 Å². The summed E-state index contributed by atoms with van der Waals surface area (Å²) in [5, 5.41) is 31.6. The Morgan fingerprint density at radius 2 is 2.10 bits per heavy atom. The molecule has 41 heavy (non-hydrogen) atoms. The highest BCUT2D eigenvalue weighted by Gasteiger charge is 2.44. The van der Waals surface area contributed by atoms with Crippen molar-refractivity contribution < 1.29 is 24.5 Å². The Kier molecular flexibility index (Phi) is 12.7. The van der Waals surface area contributed by atoms with Gasteiger partial charge in [-0.3, -0.25) is 9.69 Å². The average molecular weight is 605 g/mol. The number of esters is 1. The molecule has 2 N–H and O–H groups in total. The van der Waals surface area contributed by atoms with Crippen molar-refractivity contribution in [2.45, 2.75) is 76.4 Å². The van der Waals surface area contributed by atoms with Crippen LogP contribution < -0.4 is 0 Å². The SMILES string of the molecule is N#C[C@@H]1C[C@@H](O)[C@H](/C=C/CC(O)C2(Cc3ccc(Cl)s3)CCC2)[C@H]1C/C=C\CCCC(=O)OCCN1CCOCC1. The average Bonchev–Trinajstić information content (AvgIpc) is 3.50. The van der Waals surface area contributed by atoms with E-state index in [0.717, 1.165) is 75.7 Å². The van der Waals surface area contributed by atoms with Crippen molar-refractivity contribution in [3.05, 3.63) is 45.7 Å². The minimum Gasteiger partial charge on any atom is -0.464 e. The molecule has 0 spiro atoms. The summed E-state index contributed by atoms with van der Waals surface area (Å²) in [6.07, 6.45) is 14.8. The van der Waals surface area contributed by atoms with E-state index in [4.69, 9.17) is 21.1 Å². The Labute approximate surface area is 253 Å². The molecule has 2 aliphatic carbocycles. The number of aliphatic hydroxyl groups excluding tert-OH is 2. The quantitative estimate of drug-likeness (QED) is 0.154. The van der Waals surface area contributed by atoms with E-state index in [1.807, 2.05) is 18.2 Å². The second-order valence-corrected chi connectivity index (χ2v) is 13.6. The van der Waals surface area contributed by atoms with E-state index < -0.39 is 12.2 Å². The predicted octanol–water partition coefficient (Wildman–Crippen LogP) is 5.55. The van der Waals surface area contributed by atoms with Crippen molar-refractivity contribution in [1.82, 2.24) is 4.90 Å². The van der Waals surface area contributed by atoms with Crippen LogP contribution in [0, 0.1) is 34.5 Å². The molecule has 9 heteroatoms. The zero-order valence-electron chi connectivity index (χ0n) is 24.0. The Balaban J connectivity index is 1.18. The van der Waals surface area contributed by atoms with E-state index in [9.17, 15) is 20.3 Å². The lowest BCUT2D eigenvalue weighted by molar-refractivity contribution is -0.144. The number of unbranched alkanes of at least 4 members (excludes halogenated alkanes) is 1. The van der Waals surface area contributed by atoms with Gasteiger partial charge in [0, 0.05) is 42.3 Å². The Morgan fingerprint density at radius 1 is 1.29 bits per heavy atom. The molecule has 0 aromatic carbocycles. The number of rotatable bonds is 15. The minimum atomic E-state index is -0.551. The zero-order valence-corrected chi connectivity index (χ0v) is 25.5. The largest absolute Gasteiger partial charge is 0.464 e. The molecule has 7 nitrogen and oxygen atoms in total. The summed E-state index contributed by atoms with van der Waals surface area (Å²) in [4.78, 5) is 15.5. The molecule has 226 valence electrons. The fourth-order valence-electron chi connectivity index (χ4n) is 6.47. The van der Waals surface area contributed by atoms with Crippen LogP contribution in [-0.4, -0.2) is 72.7 Å². The van der Waals surface area contributed by atoms with Crippen molar-refractivity contribution in [2.75, 3.05) is 39.5 Å². The number of hydrogen-bond donors (Lipinski definition) is 2. The van der Waals surface area contributed by atoms with Crippen LogP contribution in [0.3, 0.4) is 0 Å². The van der Waals surface area contributed by atoms with Gasteiger partial charge in [0.1, 0.15) is 6.61 Å². The number of morpholine rings is 1. The predicted molar refractivity (Wildman–Crippen MR) is 162 cm³/mol. The maximum Gasteiger partial charge on any atom is 0.305 e. The number of carbonyl (C=O) groups is 1. The van der Waals surface area contributed by atoms with Crippen molar-refractivity contribution in [2.24, 2.45) is 23.2 Å². The van der Waals surface area contributed by atoms with Gasteiger partial charge in [0.25, 0.3) is 0 Å². The number of allylic oxidation sites excluding steroid dienone is 2. The molecule has 1 unspecified atom stereocenters. The topological polar surface area (TPSA) is 103 Å². The zero-order chi connectivity index (χ0) is 29.1. The van der Waals surface area contributed by atoms with Crippen molar-refractivity contribution in [3.63, 3.8) is 0 Å². The van der Waals surface area contributed by atoms with Crippen LogP contribution in [0.25, 0.3) is 0 Å². The maximum absolute atomic E-state index is 12.0. The summed E-state index contributed by atoms with van der Waals surface area (Å²) in [7, 11) is 0. The Morgan fingerprint density at radius 3 is 2.78 bits per heavy atom. The van der Waals surface area contributed by atoms with E-state index in [2.05, 4.69) is 29.2 Å². The molecular weight excluding hydrogens is 560 g/mol. The van der Waals surface area contributed by atoms with Crippen LogP contribution in [-0.2, 0) is 20.7 Å². The summed E-state index contributed by atoms with van der Waals surface area (Å²) in [6.45, 7) is 4.43. The van der Waals surface area contributed by atoms with Crippen LogP contribution >= 0.6 is 22.9 Å². The van der Waals surface area contributed by atoms with Crippen molar-refractivity contribution in [1.29, 1.82) is 5.26 Å². The molecule has 2 saturated carbocycles. The highest BCUT2D eigenvalue weighted by Crippen LogP contribution is 2.49. The first-order chi connectivity index (χ1) is 19.9. The van der Waals surface area contributed by atoms with Crippen LogP contribution in [0.15, 0.2) is 36.4 Å². The number of nitriles is 1. The van der Waals surface area contributed by atoms with Gasteiger partial charge in [-0.1, -0.05) is 42.3 Å². The Bertz CT molecular complexity index is 1060. The third kappa shape index (κ3) is 9.38. The lowest BCUT2D eigenvalue weighted by Crippen LogP contribution is -2.42. The second-order valence-electron chi connectivity index (χ2n) is 11.8. The fraction of sp³-hybridized carbons (Fsp3) is 0.688. The van der Waals surface area contributed by atoms with Gasteiger partial charge in [-0.05, 0) is 69.4 Å². The number of aliphatic hydroxyl groups is 2. The van der Waals surface area contributed by atoms with E-state index in [1.54, 1.807) is 11.3 Å². The van der Waals surface area contributed by atoms with Crippen LogP contribution in [0.2, 0.25) is 4.34 Å². The summed E-state index contributed by atoms with van der Waals surface area (Å²) >= 11 is 7.71. The standard InChI is InChI=1S/C32H45ClN2O5S/c33-30-12-11-25(41-30)22-32(13-6-14-32)29(37)9-5-8-27-26(24(23-34)21-28(27)36)7-3-1-2-4-10-31(38)40-20-17-35-15-18-39-19-16-35/h1,3,5,8,11-12,24,26-29,36-37H,2,4,6-7,9-10,13-22H2/b3-1-,8-5+/t24-,26-,27+,28+,29?/m0/s1. The monoisotopic (exact) mass is 604 g/mol. The highest BCUT2D eigenvalue weighted by molar-refractivity contribution is 7.16. The molecule has 0 bridgehead atoms. The van der Waals surface area contributed by atoms with Crippen molar-refractivity contribution >= 4 is 28.9 Å². The molecule has 1 aromatic rings. The Hall–Kier alpha value is -1.73. The number of carbonyl (C=O) groups excluding carboxylic acids is 1. The van der Waals surface area contributed by atoms with Gasteiger partial charge in [0.2, 0.25) is 0 Å². The van der Waals surface area contributed by atoms with E-state index in [1.165, 1.54) is 4.88 Å². The van der Waals surface area contributed by atoms with Crippen LogP contribution in [0.4, 0.5) is 0 Å². The molecule has 1 aliphatic heterocycles. The first-order valence-corrected chi connectivity index (χ1v) is 16.4. The summed E-state index contributed by atoms with van der Waals surface area (Å²) in [5.74, 6) is -0.426. The minimum absolute atomic E-state index is 0.0377. The second kappa shape index (κ2) is 16.2. The smallest absolute Gasteiger partial charge is 0.305 e. The van der Waals surface area contributed by atoms with Crippen LogP contribution in [0.5, 0.6) is 0 Å². The molecular formula is C32H45ClN2O5S. The molecule has 3 aliphatic rings. The van der Waals surface area contributed by atoms with Gasteiger partial charge >= 0.3 is 5.97 Å². The normalized spacial score (nSPS) is 27.2. The third-order valence-corrected chi connectivity index (χ3v) is 10.4. The first-order valence-electron chi connectivity index (χ1n) is 15.2. The summed E-state index contributed by atoms with van der Waals surface area (Å²) in [6, 6.07) is 6.38. The fourth-order valence-corrected chi connectivity index (χ4v) is 7.72. The van der Waals surface area contributed by atoms with Gasteiger partial charge in [0.15, 0.2) is 0 Å². The third-order valence-electron chi connectivity index (χ3n) is 9.15. The molecule has 5 atom stereocenters. The summed E-state index contributed by atoms with van der Waals surface area (Å²) < 4.78 is 11.5. The van der Waals surface area contributed by atoms with Gasteiger partial charge < -0.3 is 19.7 Å². The van der Waals surface area contributed by atoms with E-state index >= 15 is 0 Å². The molecule has 4 rings (SSSR count). The number of halogens is 1. The molecule has 1 aromatic heterocycles. The maximum atomic E-state index is 12.0. The molecule has 3 fully saturated rings. The first kappa shape index (κ1) is 32.2. The number of nitrogens with zero attached hydrogens (tertiary/aromatic N) is 2.